The van der Waals surface area contributed by atoms with E-state index in [9.17, 15) is 0 Å². The van der Waals surface area contributed by atoms with E-state index >= 15 is 0 Å². The third-order valence-electron chi connectivity index (χ3n) is 2.83. The molecular formula is C10H14N4. The fraction of sp³-hybridized carbons (Fsp3) is 0.700. The van der Waals surface area contributed by atoms with Gasteiger partial charge >= 0.3 is 0 Å². The van der Waals surface area contributed by atoms with Gasteiger partial charge < -0.3 is 0 Å². The van der Waals surface area contributed by atoms with Crippen molar-refractivity contribution >= 4 is 0 Å². The predicted molar refractivity (Wildman–Crippen MR) is 51.7 cm³/mol. The molecule has 1 aliphatic rings. The molecule has 0 atom stereocenters. The molecule has 1 heterocycles. The lowest BCUT2D eigenvalue weighted by Gasteiger charge is -2.07. The van der Waals surface area contributed by atoms with Crippen molar-refractivity contribution in [2.75, 3.05) is 0 Å². The SMILES string of the molecule is Cc1c(C2(C#N)CC2)nnn1C(C)C. The van der Waals surface area contributed by atoms with Crippen molar-refractivity contribution in [3.63, 3.8) is 0 Å². The second kappa shape index (κ2) is 2.81. The first-order valence-electron chi connectivity index (χ1n) is 4.94. The summed E-state index contributed by atoms with van der Waals surface area (Å²) in [5.74, 6) is 0. The maximum absolute atomic E-state index is 9.06. The molecule has 0 radical (unpaired) electrons. The zero-order valence-electron chi connectivity index (χ0n) is 8.78. The Morgan fingerprint density at radius 3 is 2.50 bits per heavy atom. The number of nitriles is 1. The zero-order valence-corrected chi connectivity index (χ0v) is 8.78. The maximum Gasteiger partial charge on any atom is 0.106 e. The standard InChI is InChI=1S/C10H14N4/c1-7(2)14-8(3)9(12-13-14)10(6-11)4-5-10/h7H,4-5H2,1-3H3. The van der Waals surface area contributed by atoms with Crippen molar-refractivity contribution in [2.45, 2.75) is 45.1 Å². The maximum atomic E-state index is 9.06. The van der Waals surface area contributed by atoms with E-state index in [1.807, 2.05) is 11.6 Å². The highest BCUT2D eigenvalue weighted by atomic mass is 15.4. The molecule has 0 N–H and O–H groups in total. The molecule has 1 saturated carbocycles. The van der Waals surface area contributed by atoms with E-state index in [1.165, 1.54) is 0 Å². The fourth-order valence-electron chi connectivity index (χ4n) is 1.80. The van der Waals surface area contributed by atoms with Gasteiger partial charge in [0.2, 0.25) is 0 Å². The van der Waals surface area contributed by atoms with E-state index in [0.717, 1.165) is 24.2 Å². The third-order valence-corrected chi connectivity index (χ3v) is 2.83. The average molecular weight is 190 g/mol. The van der Waals surface area contributed by atoms with E-state index in [-0.39, 0.29) is 5.41 Å². The first-order chi connectivity index (χ1) is 6.60. The second-order valence-corrected chi connectivity index (χ2v) is 4.26. The summed E-state index contributed by atoms with van der Waals surface area (Å²) in [6, 6.07) is 2.66. The summed E-state index contributed by atoms with van der Waals surface area (Å²) in [6.07, 6.45) is 1.86. The van der Waals surface area contributed by atoms with Crippen LogP contribution in [0.4, 0.5) is 0 Å². The molecule has 74 valence electrons. The number of rotatable bonds is 2. The van der Waals surface area contributed by atoms with Crippen LogP contribution >= 0.6 is 0 Å². The van der Waals surface area contributed by atoms with Crippen LogP contribution in [0.2, 0.25) is 0 Å². The molecule has 0 bridgehead atoms. The molecule has 0 spiro atoms. The summed E-state index contributed by atoms with van der Waals surface area (Å²) in [5.41, 5.74) is 1.62. The smallest absolute Gasteiger partial charge is 0.106 e. The molecule has 0 saturated heterocycles. The normalized spacial score (nSPS) is 18.2. The highest BCUT2D eigenvalue weighted by Gasteiger charge is 2.48. The summed E-state index contributed by atoms with van der Waals surface area (Å²) in [6.45, 7) is 6.13. The largest absolute Gasteiger partial charge is 0.247 e. The molecule has 2 rings (SSSR count). The molecular weight excluding hydrogens is 176 g/mol. The van der Waals surface area contributed by atoms with Gasteiger partial charge in [-0.1, -0.05) is 5.21 Å². The van der Waals surface area contributed by atoms with Crippen LogP contribution in [0.3, 0.4) is 0 Å². The molecule has 4 nitrogen and oxygen atoms in total. The minimum absolute atomic E-state index is 0.308. The molecule has 0 aliphatic heterocycles. The molecule has 1 aromatic rings. The van der Waals surface area contributed by atoms with Crippen molar-refractivity contribution in [3.05, 3.63) is 11.4 Å². The monoisotopic (exact) mass is 190 g/mol. The summed E-state index contributed by atoms with van der Waals surface area (Å²) in [7, 11) is 0. The van der Waals surface area contributed by atoms with Crippen molar-refractivity contribution in [3.8, 4) is 6.07 Å². The number of nitrogens with zero attached hydrogens (tertiary/aromatic N) is 4. The molecule has 0 amide bonds. The lowest BCUT2D eigenvalue weighted by molar-refractivity contribution is 0.502. The van der Waals surface area contributed by atoms with Crippen LogP contribution in [0.25, 0.3) is 0 Å². The number of hydrogen-bond donors (Lipinski definition) is 0. The van der Waals surface area contributed by atoms with Gasteiger partial charge in [0.1, 0.15) is 11.1 Å². The van der Waals surface area contributed by atoms with Crippen LogP contribution in [0.5, 0.6) is 0 Å². The van der Waals surface area contributed by atoms with Crippen LogP contribution in [0.1, 0.15) is 44.1 Å². The molecule has 1 aromatic heterocycles. The zero-order chi connectivity index (χ0) is 10.3. The minimum atomic E-state index is -0.308. The summed E-state index contributed by atoms with van der Waals surface area (Å²) in [4.78, 5) is 0. The Labute approximate surface area is 83.5 Å². The number of aromatic nitrogens is 3. The lowest BCUT2D eigenvalue weighted by Crippen LogP contribution is -2.08. The molecule has 0 unspecified atom stereocenters. The molecule has 1 fully saturated rings. The van der Waals surface area contributed by atoms with Crippen LogP contribution < -0.4 is 0 Å². The van der Waals surface area contributed by atoms with E-state index in [2.05, 4.69) is 30.2 Å². The molecule has 4 heteroatoms. The van der Waals surface area contributed by atoms with Crippen LogP contribution in [0, 0.1) is 18.3 Å². The molecule has 0 aromatic carbocycles. The van der Waals surface area contributed by atoms with E-state index in [0.29, 0.717) is 6.04 Å². The van der Waals surface area contributed by atoms with E-state index < -0.39 is 0 Å². The molecule has 14 heavy (non-hydrogen) atoms. The Morgan fingerprint density at radius 2 is 2.14 bits per heavy atom. The highest BCUT2D eigenvalue weighted by Crippen LogP contribution is 2.47. The Kier molecular flexibility index (Phi) is 1.84. The third kappa shape index (κ3) is 1.12. The Bertz CT molecular complexity index is 393. The van der Waals surface area contributed by atoms with Crippen LogP contribution in [-0.2, 0) is 5.41 Å². The van der Waals surface area contributed by atoms with Gasteiger partial charge in [0.15, 0.2) is 0 Å². The van der Waals surface area contributed by atoms with Gasteiger partial charge in [0.25, 0.3) is 0 Å². The Balaban J connectivity index is 2.43. The van der Waals surface area contributed by atoms with Gasteiger partial charge in [-0.05, 0) is 33.6 Å². The predicted octanol–water partition coefficient (Wildman–Crippen LogP) is 1.72. The first kappa shape index (κ1) is 9.20. The second-order valence-electron chi connectivity index (χ2n) is 4.26. The summed E-state index contributed by atoms with van der Waals surface area (Å²) >= 11 is 0. The fourth-order valence-corrected chi connectivity index (χ4v) is 1.80. The van der Waals surface area contributed by atoms with Crippen molar-refractivity contribution in [1.29, 1.82) is 5.26 Å². The molecule has 1 aliphatic carbocycles. The summed E-state index contributed by atoms with van der Waals surface area (Å²) in [5, 5.41) is 17.3. The van der Waals surface area contributed by atoms with Gasteiger partial charge in [0.05, 0.1) is 11.8 Å². The first-order valence-corrected chi connectivity index (χ1v) is 4.94. The Morgan fingerprint density at radius 1 is 1.50 bits per heavy atom. The van der Waals surface area contributed by atoms with Crippen molar-refractivity contribution in [1.82, 2.24) is 15.0 Å². The topological polar surface area (TPSA) is 54.5 Å². The van der Waals surface area contributed by atoms with Gasteiger partial charge in [-0.2, -0.15) is 5.26 Å². The van der Waals surface area contributed by atoms with Crippen LogP contribution in [0.15, 0.2) is 0 Å². The average Bonchev–Trinajstić information content (AvgIpc) is 2.84. The minimum Gasteiger partial charge on any atom is -0.247 e. The Hall–Kier alpha value is -1.37. The van der Waals surface area contributed by atoms with Crippen molar-refractivity contribution in [2.24, 2.45) is 0 Å². The van der Waals surface area contributed by atoms with E-state index in [4.69, 9.17) is 5.26 Å². The van der Waals surface area contributed by atoms with E-state index in [1.54, 1.807) is 0 Å². The number of hydrogen-bond acceptors (Lipinski definition) is 3. The highest BCUT2D eigenvalue weighted by molar-refractivity contribution is 5.36. The quantitative estimate of drug-likeness (QED) is 0.713. The summed E-state index contributed by atoms with van der Waals surface area (Å²) < 4.78 is 1.88. The van der Waals surface area contributed by atoms with Crippen LogP contribution in [-0.4, -0.2) is 15.0 Å². The van der Waals surface area contributed by atoms with Gasteiger partial charge in [-0.3, -0.25) is 0 Å². The lowest BCUT2D eigenvalue weighted by atomic mass is 10.0. The van der Waals surface area contributed by atoms with Crippen molar-refractivity contribution < 1.29 is 0 Å². The van der Waals surface area contributed by atoms with Gasteiger partial charge in [0, 0.05) is 6.04 Å². The van der Waals surface area contributed by atoms with Gasteiger partial charge in [-0.25, -0.2) is 4.68 Å². The van der Waals surface area contributed by atoms with Gasteiger partial charge in [-0.15, -0.1) is 5.10 Å².